The number of thiocarbonyl (C=S) groups is 2. The Morgan fingerprint density at radius 2 is 2.00 bits per heavy atom. The molecule has 0 amide bonds. The first-order valence-electron chi connectivity index (χ1n) is 4.39. The van der Waals surface area contributed by atoms with Crippen molar-refractivity contribution >= 4 is 34.7 Å². The van der Waals surface area contributed by atoms with Crippen molar-refractivity contribution in [2.45, 2.75) is 40.5 Å². The van der Waals surface area contributed by atoms with Crippen LogP contribution >= 0.6 is 24.4 Å². The lowest BCUT2D eigenvalue weighted by Crippen LogP contribution is -2.27. The second-order valence-electron chi connectivity index (χ2n) is 3.81. The summed E-state index contributed by atoms with van der Waals surface area (Å²) in [6.45, 7) is 8.52. The predicted octanol–water partition coefficient (Wildman–Crippen LogP) is 3.70. The molecule has 0 aromatic rings. The van der Waals surface area contributed by atoms with E-state index < -0.39 is 0 Å². The zero-order valence-corrected chi connectivity index (χ0v) is 9.94. The van der Waals surface area contributed by atoms with Crippen LogP contribution in [-0.2, 0) is 0 Å². The van der Waals surface area contributed by atoms with Crippen LogP contribution in [0.3, 0.4) is 0 Å². The highest BCUT2D eigenvalue weighted by Crippen LogP contribution is 2.25. The molecule has 0 aliphatic heterocycles. The molecule has 0 aromatic heterocycles. The van der Waals surface area contributed by atoms with Gasteiger partial charge in [-0.1, -0.05) is 52.1 Å². The van der Waals surface area contributed by atoms with Gasteiger partial charge in [0, 0.05) is 15.6 Å². The maximum absolute atomic E-state index is 5.33. The van der Waals surface area contributed by atoms with Crippen LogP contribution in [0.25, 0.3) is 0 Å². The molecule has 0 aliphatic carbocycles. The predicted molar refractivity (Wildman–Crippen MR) is 63.0 cm³/mol. The molecule has 0 saturated carbocycles. The van der Waals surface area contributed by atoms with Crippen molar-refractivity contribution in [2.75, 3.05) is 0 Å². The molecule has 0 fully saturated rings. The molecule has 1 atom stereocenters. The Bertz CT molecular complexity index is 173. The standard InChI is InChI=1S/C10H17S2/c1-5-10(4,7-11)9(12)6-8(2)3/h8H,5-6H2,1-4H3. The van der Waals surface area contributed by atoms with E-state index in [0.29, 0.717) is 5.92 Å². The Labute approximate surface area is 86.7 Å². The largest absolute Gasteiger partial charge is 0.0887 e. The summed E-state index contributed by atoms with van der Waals surface area (Å²) in [5.74, 6) is 0.617. The van der Waals surface area contributed by atoms with Crippen molar-refractivity contribution in [3.8, 4) is 0 Å². The average Bonchev–Trinajstić information content (AvgIpc) is 2.02. The van der Waals surface area contributed by atoms with Gasteiger partial charge in [-0.15, -0.1) is 0 Å². The van der Waals surface area contributed by atoms with Gasteiger partial charge in [0.05, 0.1) is 0 Å². The fourth-order valence-electron chi connectivity index (χ4n) is 0.922. The molecule has 1 radical (unpaired) electrons. The lowest BCUT2D eigenvalue weighted by atomic mass is 9.83. The van der Waals surface area contributed by atoms with Gasteiger partial charge < -0.3 is 0 Å². The van der Waals surface area contributed by atoms with Crippen molar-refractivity contribution in [3.05, 3.63) is 0 Å². The fraction of sp³-hybridized carbons (Fsp3) is 0.800. The topological polar surface area (TPSA) is 0 Å². The number of rotatable bonds is 5. The van der Waals surface area contributed by atoms with Crippen LogP contribution in [0.4, 0.5) is 0 Å². The Morgan fingerprint density at radius 3 is 2.25 bits per heavy atom. The zero-order chi connectivity index (χ0) is 9.78. The second-order valence-corrected chi connectivity index (χ2v) is 4.51. The van der Waals surface area contributed by atoms with Gasteiger partial charge in [0.15, 0.2) is 0 Å². The lowest BCUT2D eigenvalue weighted by Gasteiger charge is -2.24. The molecule has 0 spiro atoms. The van der Waals surface area contributed by atoms with E-state index in [1.807, 2.05) is 0 Å². The van der Waals surface area contributed by atoms with Gasteiger partial charge in [0.25, 0.3) is 0 Å². The van der Waals surface area contributed by atoms with Crippen molar-refractivity contribution in [3.63, 3.8) is 0 Å². The molecule has 1 unspecified atom stereocenters. The second kappa shape index (κ2) is 5.03. The van der Waals surface area contributed by atoms with E-state index >= 15 is 0 Å². The third-order valence-corrected chi connectivity index (χ3v) is 3.21. The average molecular weight is 201 g/mol. The van der Waals surface area contributed by atoms with E-state index in [1.165, 1.54) is 0 Å². The van der Waals surface area contributed by atoms with E-state index in [0.717, 1.165) is 17.7 Å². The molecule has 0 bridgehead atoms. The molecule has 0 saturated heterocycles. The molecular weight excluding hydrogens is 184 g/mol. The first-order valence-corrected chi connectivity index (χ1v) is 5.20. The van der Waals surface area contributed by atoms with Gasteiger partial charge in [-0.25, -0.2) is 0 Å². The Hall–Kier alpha value is 0.180. The molecule has 69 valence electrons. The number of hydrogen-bond acceptors (Lipinski definition) is 2. The Morgan fingerprint density at radius 1 is 1.50 bits per heavy atom. The summed E-state index contributed by atoms with van der Waals surface area (Å²) in [5.41, 5.74) is -0.130. The monoisotopic (exact) mass is 201 g/mol. The lowest BCUT2D eigenvalue weighted by molar-refractivity contribution is 0.597. The highest BCUT2D eigenvalue weighted by molar-refractivity contribution is 7.81. The Balaban J connectivity index is 4.32. The van der Waals surface area contributed by atoms with Crippen LogP contribution in [-0.4, -0.2) is 10.2 Å². The maximum atomic E-state index is 5.33. The molecule has 0 N–H and O–H groups in total. The normalized spacial score (nSPS) is 15.8. The Kier molecular flexibility index (Phi) is 5.10. The quantitative estimate of drug-likeness (QED) is 0.622. The van der Waals surface area contributed by atoms with Gasteiger partial charge in [0.2, 0.25) is 0 Å². The summed E-state index contributed by atoms with van der Waals surface area (Å²) in [4.78, 5) is 1.05. The van der Waals surface area contributed by atoms with Crippen LogP contribution in [0.1, 0.15) is 40.5 Å². The van der Waals surface area contributed by atoms with Gasteiger partial charge in [-0.2, -0.15) is 0 Å². The molecule has 0 aromatic carbocycles. The van der Waals surface area contributed by atoms with Gasteiger partial charge in [0.1, 0.15) is 0 Å². The molecule has 0 nitrogen and oxygen atoms in total. The van der Waals surface area contributed by atoms with Crippen molar-refractivity contribution in [1.82, 2.24) is 0 Å². The van der Waals surface area contributed by atoms with Crippen LogP contribution in [0.2, 0.25) is 0 Å². The maximum Gasteiger partial charge on any atom is 0.0408 e. The van der Waals surface area contributed by atoms with Crippen molar-refractivity contribution in [1.29, 1.82) is 0 Å². The minimum atomic E-state index is -0.130. The smallest absolute Gasteiger partial charge is 0.0408 e. The molecule has 2 heteroatoms. The summed E-state index contributed by atoms with van der Waals surface area (Å²) in [7, 11) is 0. The van der Waals surface area contributed by atoms with Crippen molar-refractivity contribution in [2.24, 2.45) is 11.3 Å². The summed E-state index contributed by atoms with van der Waals surface area (Å²) in [6.07, 6.45) is 1.94. The highest BCUT2D eigenvalue weighted by atomic mass is 32.1. The first kappa shape index (κ1) is 12.2. The van der Waals surface area contributed by atoms with Crippen LogP contribution < -0.4 is 0 Å². The zero-order valence-electron chi connectivity index (χ0n) is 8.31. The first-order chi connectivity index (χ1) is 5.46. The van der Waals surface area contributed by atoms with Gasteiger partial charge in [-0.3, -0.25) is 0 Å². The van der Waals surface area contributed by atoms with E-state index in [4.69, 9.17) is 24.4 Å². The van der Waals surface area contributed by atoms with E-state index in [9.17, 15) is 0 Å². The molecule has 0 rings (SSSR count). The van der Waals surface area contributed by atoms with Crippen molar-refractivity contribution < 1.29 is 0 Å². The van der Waals surface area contributed by atoms with E-state index in [1.54, 1.807) is 0 Å². The van der Waals surface area contributed by atoms with Crippen LogP contribution in [0.5, 0.6) is 0 Å². The molecular formula is C10H17S2. The summed E-state index contributed by atoms with van der Waals surface area (Å²) >= 11 is 10.2. The van der Waals surface area contributed by atoms with E-state index in [-0.39, 0.29) is 5.41 Å². The number of hydrogen-bond donors (Lipinski definition) is 0. The van der Waals surface area contributed by atoms with Crippen LogP contribution in [0, 0.1) is 11.3 Å². The minimum absolute atomic E-state index is 0.130. The minimum Gasteiger partial charge on any atom is -0.0887 e. The summed E-state index contributed by atoms with van der Waals surface area (Å²) in [5, 5.41) is 2.88. The van der Waals surface area contributed by atoms with E-state index in [2.05, 4.69) is 33.1 Å². The summed E-state index contributed by atoms with van der Waals surface area (Å²) in [6, 6.07) is 0. The van der Waals surface area contributed by atoms with Crippen LogP contribution in [0.15, 0.2) is 0 Å². The van der Waals surface area contributed by atoms with Gasteiger partial charge in [-0.05, 0) is 18.8 Å². The SMILES string of the molecule is CCC(C)([C]=S)C(=S)CC(C)C. The third kappa shape index (κ3) is 3.28. The summed E-state index contributed by atoms with van der Waals surface area (Å²) < 4.78 is 0. The molecule has 0 aliphatic rings. The molecule has 0 heterocycles. The van der Waals surface area contributed by atoms with Gasteiger partial charge >= 0.3 is 0 Å². The fourth-order valence-corrected chi connectivity index (χ4v) is 1.78. The highest BCUT2D eigenvalue weighted by Gasteiger charge is 2.25. The third-order valence-electron chi connectivity index (χ3n) is 2.14. The molecule has 12 heavy (non-hydrogen) atoms.